The Balaban J connectivity index is 1.09. The first-order chi connectivity index (χ1) is 14.8. The lowest BCUT2D eigenvalue weighted by atomic mass is 9.54. The van der Waals surface area contributed by atoms with Crippen molar-refractivity contribution in [2.45, 2.75) is 56.4 Å². The molecule has 1 unspecified atom stereocenters. The van der Waals surface area contributed by atoms with Crippen molar-refractivity contribution in [3.63, 3.8) is 0 Å². The Morgan fingerprint density at radius 3 is 2.19 bits per heavy atom. The Kier molecular flexibility index (Phi) is 5.72. The van der Waals surface area contributed by atoms with Gasteiger partial charge < -0.3 is 14.7 Å². The Morgan fingerprint density at radius 1 is 1.00 bits per heavy atom. The predicted octanol–water partition coefficient (Wildman–Crippen LogP) is 4.17. The van der Waals surface area contributed by atoms with E-state index in [1.54, 1.807) is 6.07 Å². The number of aliphatic hydroxyl groups is 1. The number of anilines is 1. The van der Waals surface area contributed by atoms with Gasteiger partial charge in [-0.05, 0) is 74.5 Å². The number of alkyl halides is 3. The van der Waals surface area contributed by atoms with Gasteiger partial charge in [0.25, 0.3) is 0 Å². The monoisotopic (exact) mass is 438 g/mol. The van der Waals surface area contributed by atoms with Gasteiger partial charge in [-0.1, -0.05) is 6.07 Å². The molecule has 172 valence electrons. The van der Waals surface area contributed by atoms with E-state index in [-0.39, 0.29) is 5.60 Å². The molecule has 1 N–H and O–H groups in total. The summed E-state index contributed by atoms with van der Waals surface area (Å²) in [4.78, 5) is 4.18. The molecule has 0 spiro atoms. The summed E-state index contributed by atoms with van der Waals surface area (Å²) in [5.74, 6) is 2.48. The van der Waals surface area contributed by atoms with E-state index >= 15 is 0 Å². The SMILES string of the molecule is OC(COC12CC3CC(CC(C3)C1)C2)CN1CCN(c2cccc(C(F)(F)F)c2)CC1. The smallest absolute Gasteiger partial charge is 0.389 e. The van der Waals surface area contributed by atoms with Crippen LogP contribution in [0.25, 0.3) is 0 Å². The highest BCUT2D eigenvalue weighted by Crippen LogP contribution is 2.57. The van der Waals surface area contributed by atoms with E-state index in [2.05, 4.69) is 4.90 Å². The van der Waals surface area contributed by atoms with Gasteiger partial charge in [0.05, 0.1) is 23.9 Å². The van der Waals surface area contributed by atoms with Crippen LogP contribution in [0.1, 0.15) is 44.1 Å². The lowest BCUT2D eigenvalue weighted by Crippen LogP contribution is -2.53. The Hall–Kier alpha value is -1.31. The maximum atomic E-state index is 13.0. The van der Waals surface area contributed by atoms with Crippen molar-refractivity contribution in [1.82, 2.24) is 4.90 Å². The van der Waals surface area contributed by atoms with Crippen LogP contribution < -0.4 is 4.90 Å². The van der Waals surface area contributed by atoms with E-state index in [0.717, 1.165) is 36.9 Å². The number of halogens is 3. The molecule has 1 atom stereocenters. The van der Waals surface area contributed by atoms with Crippen molar-refractivity contribution in [3.8, 4) is 0 Å². The average Bonchev–Trinajstić information content (AvgIpc) is 2.72. The molecule has 4 bridgehead atoms. The third-order valence-corrected chi connectivity index (χ3v) is 7.94. The lowest BCUT2D eigenvalue weighted by Gasteiger charge is -2.56. The summed E-state index contributed by atoms with van der Waals surface area (Å²) < 4.78 is 45.3. The Labute approximate surface area is 182 Å². The van der Waals surface area contributed by atoms with Crippen LogP contribution in [0.15, 0.2) is 24.3 Å². The molecule has 1 saturated heterocycles. The zero-order valence-corrected chi connectivity index (χ0v) is 18.0. The van der Waals surface area contributed by atoms with Gasteiger partial charge in [0.1, 0.15) is 0 Å². The molecule has 5 aliphatic rings. The number of β-amino-alcohol motifs (C(OH)–C–C–N with tert-alkyl or cyclic N) is 1. The first-order valence-corrected chi connectivity index (χ1v) is 11.7. The highest BCUT2D eigenvalue weighted by Gasteiger charge is 2.51. The Morgan fingerprint density at radius 2 is 1.61 bits per heavy atom. The number of hydrogen-bond donors (Lipinski definition) is 1. The standard InChI is InChI=1S/C24H33F3N2O2/c25-24(26,27)20-2-1-3-21(11-20)29-6-4-28(5-7-29)15-22(30)16-31-23-12-17-8-18(13-23)10-19(9-17)14-23/h1-3,11,17-19,22,30H,4-10,12-16H2. The summed E-state index contributed by atoms with van der Waals surface area (Å²) >= 11 is 0. The zero-order chi connectivity index (χ0) is 21.6. The molecule has 0 radical (unpaired) electrons. The van der Waals surface area contributed by atoms with E-state index in [4.69, 9.17) is 4.74 Å². The van der Waals surface area contributed by atoms with Crippen LogP contribution >= 0.6 is 0 Å². The van der Waals surface area contributed by atoms with E-state index in [1.165, 1.54) is 50.7 Å². The fourth-order valence-electron chi connectivity index (χ4n) is 6.90. The molecule has 6 rings (SSSR count). The summed E-state index contributed by atoms with van der Waals surface area (Å²) in [5, 5.41) is 10.6. The number of aliphatic hydroxyl groups excluding tert-OH is 1. The second-order valence-corrected chi connectivity index (χ2v) is 10.4. The number of ether oxygens (including phenoxy) is 1. The molecule has 5 fully saturated rings. The number of benzene rings is 1. The topological polar surface area (TPSA) is 35.9 Å². The minimum Gasteiger partial charge on any atom is -0.389 e. The Bertz CT molecular complexity index is 741. The summed E-state index contributed by atoms with van der Waals surface area (Å²) in [6.45, 7) is 3.71. The van der Waals surface area contributed by atoms with Crippen molar-refractivity contribution >= 4 is 5.69 Å². The largest absolute Gasteiger partial charge is 0.416 e. The highest BCUT2D eigenvalue weighted by atomic mass is 19.4. The van der Waals surface area contributed by atoms with E-state index in [9.17, 15) is 18.3 Å². The molecular weight excluding hydrogens is 405 g/mol. The average molecular weight is 439 g/mol. The quantitative estimate of drug-likeness (QED) is 0.723. The molecule has 4 saturated carbocycles. The van der Waals surface area contributed by atoms with Gasteiger partial charge in [-0.2, -0.15) is 13.2 Å². The van der Waals surface area contributed by atoms with Crippen LogP contribution in [0, 0.1) is 17.8 Å². The van der Waals surface area contributed by atoms with Gasteiger partial charge in [-0.15, -0.1) is 0 Å². The van der Waals surface area contributed by atoms with Gasteiger partial charge in [0.2, 0.25) is 0 Å². The van der Waals surface area contributed by atoms with Crippen molar-refractivity contribution in [2.24, 2.45) is 17.8 Å². The number of rotatable bonds is 6. The molecule has 1 aromatic carbocycles. The molecule has 1 aliphatic heterocycles. The molecule has 4 nitrogen and oxygen atoms in total. The first kappa shape index (κ1) is 21.5. The van der Waals surface area contributed by atoms with Crippen LogP contribution in [-0.2, 0) is 10.9 Å². The number of piperazine rings is 1. The molecule has 7 heteroatoms. The predicted molar refractivity (Wildman–Crippen MR) is 113 cm³/mol. The van der Waals surface area contributed by atoms with Crippen LogP contribution in [0.3, 0.4) is 0 Å². The summed E-state index contributed by atoms with van der Waals surface area (Å²) in [7, 11) is 0. The zero-order valence-electron chi connectivity index (χ0n) is 18.0. The van der Waals surface area contributed by atoms with Crippen molar-refractivity contribution in [1.29, 1.82) is 0 Å². The summed E-state index contributed by atoms with van der Waals surface area (Å²) in [6, 6.07) is 5.54. The van der Waals surface area contributed by atoms with Gasteiger partial charge in [-0.25, -0.2) is 0 Å². The molecule has 0 aromatic heterocycles. The van der Waals surface area contributed by atoms with Crippen molar-refractivity contribution < 1.29 is 23.0 Å². The van der Waals surface area contributed by atoms with Crippen LogP contribution in [0.4, 0.5) is 18.9 Å². The molecular formula is C24H33F3N2O2. The second kappa shape index (κ2) is 8.23. The van der Waals surface area contributed by atoms with Crippen LogP contribution in [-0.4, -0.2) is 61.0 Å². The minimum absolute atomic E-state index is 0.0118. The maximum absolute atomic E-state index is 13.0. The highest BCUT2D eigenvalue weighted by molar-refractivity contribution is 5.49. The first-order valence-electron chi connectivity index (χ1n) is 11.7. The molecule has 1 heterocycles. The van der Waals surface area contributed by atoms with Crippen LogP contribution in [0.2, 0.25) is 0 Å². The third-order valence-electron chi connectivity index (χ3n) is 7.94. The fraction of sp³-hybridized carbons (Fsp3) is 0.750. The second-order valence-electron chi connectivity index (χ2n) is 10.4. The molecule has 31 heavy (non-hydrogen) atoms. The van der Waals surface area contributed by atoms with Gasteiger partial charge in [0.15, 0.2) is 0 Å². The van der Waals surface area contributed by atoms with Gasteiger partial charge in [0, 0.05) is 38.4 Å². The summed E-state index contributed by atoms with van der Waals surface area (Å²) in [6.07, 6.45) is 2.79. The molecule has 0 amide bonds. The van der Waals surface area contributed by atoms with Gasteiger partial charge in [-0.3, -0.25) is 4.90 Å². The van der Waals surface area contributed by atoms with Crippen molar-refractivity contribution in [2.75, 3.05) is 44.2 Å². The molecule has 1 aromatic rings. The van der Waals surface area contributed by atoms with E-state index < -0.39 is 17.8 Å². The minimum atomic E-state index is -4.32. The number of nitrogens with zero attached hydrogens (tertiary/aromatic N) is 2. The molecule has 4 aliphatic carbocycles. The number of hydrogen-bond acceptors (Lipinski definition) is 4. The lowest BCUT2D eigenvalue weighted by molar-refractivity contribution is -0.176. The maximum Gasteiger partial charge on any atom is 0.416 e. The normalized spacial score (nSPS) is 34.3. The van der Waals surface area contributed by atoms with E-state index in [1.807, 2.05) is 4.90 Å². The van der Waals surface area contributed by atoms with E-state index in [0.29, 0.717) is 31.9 Å². The van der Waals surface area contributed by atoms with Gasteiger partial charge >= 0.3 is 6.18 Å². The summed E-state index contributed by atoms with van der Waals surface area (Å²) in [5.41, 5.74) is 0.0163. The third kappa shape index (κ3) is 4.74. The van der Waals surface area contributed by atoms with Crippen LogP contribution in [0.5, 0.6) is 0 Å². The fourth-order valence-corrected chi connectivity index (χ4v) is 6.90. The van der Waals surface area contributed by atoms with Crippen molar-refractivity contribution in [3.05, 3.63) is 29.8 Å².